The predicted molar refractivity (Wildman–Crippen MR) is 125 cm³/mol. The summed E-state index contributed by atoms with van der Waals surface area (Å²) in [5.74, 6) is 0.333. The van der Waals surface area contributed by atoms with Crippen LogP contribution in [0.25, 0.3) is 11.3 Å². The molecule has 1 saturated heterocycles. The van der Waals surface area contributed by atoms with Crippen LogP contribution in [0.1, 0.15) is 51.1 Å². The Kier molecular flexibility index (Phi) is 7.42. The molecule has 0 aliphatic carbocycles. The normalized spacial score (nSPS) is 14.8. The summed E-state index contributed by atoms with van der Waals surface area (Å²) in [7, 11) is 0. The maximum Gasteiger partial charge on any atom is 0.225 e. The van der Waals surface area contributed by atoms with E-state index < -0.39 is 11.6 Å². The third-order valence-electron chi connectivity index (χ3n) is 6.02. The van der Waals surface area contributed by atoms with Gasteiger partial charge < -0.3 is 9.64 Å². The van der Waals surface area contributed by atoms with Crippen molar-refractivity contribution in [3.8, 4) is 17.0 Å². The first kappa shape index (κ1) is 23.4. The van der Waals surface area contributed by atoms with Gasteiger partial charge in [-0.15, -0.1) is 0 Å². The molecule has 1 aliphatic rings. The largest absolute Gasteiger partial charge is 0.493 e. The Hall–Kier alpha value is -2.74. The van der Waals surface area contributed by atoms with Gasteiger partial charge in [-0.2, -0.15) is 5.10 Å². The number of aromatic amines is 1. The number of nitrogens with zero attached hydrogens (tertiary/aromatic N) is 4. The highest BCUT2D eigenvalue weighted by atomic mass is 35.5. The minimum atomic E-state index is -0.677. The molecule has 176 valence electrons. The van der Waals surface area contributed by atoms with Crippen molar-refractivity contribution in [2.24, 2.45) is 5.92 Å². The van der Waals surface area contributed by atoms with Crippen molar-refractivity contribution in [1.29, 1.82) is 0 Å². The lowest BCUT2D eigenvalue weighted by molar-refractivity contribution is 0.277. The van der Waals surface area contributed by atoms with Gasteiger partial charge in [-0.1, -0.05) is 25.4 Å². The first-order valence-electron chi connectivity index (χ1n) is 11.3. The van der Waals surface area contributed by atoms with Crippen molar-refractivity contribution in [1.82, 2.24) is 20.2 Å². The summed E-state index contributed by atoms with van der Waals surface area (Å²) in [5, 5.41) is 7.41. The molecule has 9 heteroatoms. The number of nitrogens with one attached hydrogen (secondary N) is 1. The average Bonchev–Trinajstić information content (AvgIpc) is 3.27. The van der Waals surface area contributed by atoms with Crippen LogP contribution in [-0.4, -0.2) is 39.9 Å². The van der Waals surface area contributed by atoms with E-state index in [0.717, 1.165) is 44.5 Å². The molecule has 0 unspecified atom stereocenters. The second kappa shape index (κ2) is 10.5. The number of ether oxygens (including phenoxy) is 1. The Morgan fingerprint density at radius 1 is 1.12 bits per heavy atom. The molecule has 0 radical (unpaired) electrons. The second-order valence-electron chi connectivity index (χ2n) is 8.75. The molecule has 2 aromatic heterocycles. The molecule has 3 aromatic rings. The number of benzene rings is 1. The molecule has 33 heavy (non-hydrogen) atoms. The molecule has 0 amide bonds. The highest BCUT2D eigenvalue weighted by Crippen LogP contribution is 2.30. The first-order chi connectivity index (χ1) is 15.9. The number of piperidine rings is 1. The Bertz CT molecular complexity index is 1040. The lowest BCUT2D eigenvalue weighted by Gasteiger charge is -2.31. The van der Waals surface area contributed by atoms with Crippen LogP contribution in [0.4, 0.5) is 14.7 Å². The molecule has 6 nitrogen and oxygen atoms in total. The molecule has 3 heterocycles. The monoisotopic (exact) mass is 475 g/mol. The van der Waals surface area contributed by atoms with Gasteiger partial charge >= 0.3 is 0 Å². The van der Waals surface area contributed by atoms with Gasteiger partial charge in [-0.3, -0.25) is 5.10 Å². The van der Waals surface area contributed by atoms with Crippen LogP contribution in [0.2, 0.25) is 5.02 Å². The zero-order valence-corrected chi connectivity index (χ0v) is 19.6. The zero-order valence-electron chi connectivity index (χ0n) is 18.8. The van der Waals surface area contributed by atoms with Gasteiger partial charge in [0.2, 0.25) is 5.95 Å². The topological polar surface area (TPSA) is 66.9 Å². The average molecular weight is 476 g/mol. The molecule has 1 fully saturated rings. The van der Waals surface area contributed by atoms with E-state index in [4.69, 9.17) is 16.3 Å². The predicted octanol–water partition coefficient (Wildman–Crippen LogP) is 6.00. The van der Waals surface area contributed by atoms with Crippen LogP contribution in [0.15, 0.2) is 30.6 Å². The van der Waals surface area contributed by atoms with E-state index in [0.29, 0.717) is 23.5 Å². The molecule has 0 saturated carbocycles. The van der Waals surface area contributed by atoms with E-state index in [2.05, 4.69) is 25.1 Å². The van der Waals surface area contributed by atoms with Crippen molar-refractivity contribution in [3.05, 3.63) is 52.9 Å². The Balaban J connectivity index is 1.24. The minimum Gasteiger partial charge on any atom is -0.493 e. The summed E-state index contributed by atoms with van der Waals surface area (Å²) >= 11 is 5.85. The number of anilines is 1. The molecule has 0 bridgehead atoms. The van der Waals surface area contributed by atoms with E-state index >= 15 is 0 Å². The number of rotatable bonds is 8. The number of H-pyrrole nitrogens is 1. The molecule has 4 rings (SSSR count). The van der Waals surface area contributed by atoms with Crippen LogP contribution in [0, 0.1) is 17.6 Å². The fourth-order valence-electron chi connectivity index (χ4n) is 4.09. The molecular weight excluding hydrogens is 448 g/mol. The van der Waals surface area contributed by atoms with Crippen LogP contribution in [0.5, 0.6) is 5.75 Å². The summed E-state index contributed by atoms with van der Waals surface area (Å²) in [6.45, 7) is 6.18. The van der Waals surface area contributed by atoms with Gasteiger partial charge in [0.1, 0.15) is 17.4 Å². The highest BCUT2D eigenvalue weighted by Gasteiger charge is 2.21. The fourth-order valence-corrected chi connectivity index (χ4v) is 4.19. The standard InChI is InChI=1S/C24H28ClF2N5O/c1-15(2)21-12-22(31-30-21)23-19(26)10-18(11-20(23)27)33-9-3-4-16-5-7-32(8-6-16)24-28-13-17(25)14-29-24/h10-16H,3-9H2,1-2H3,(H,30,31). The number of hydrogen-bond donors (Lipinski definition) is 1. The van der Waals surface area contributed by atoms with E-state index in [1.807, 2.05) is 13.8 Å². The Morgan fingerprint density at radius 2 is 1.79 bits per heavy atom. The third kappa shape index (κ3) is 5.79. The van der Waals surface area contributed by atoms with Crippen LogP contribution < -0.4 is 9.64 Å². The van der Waals surface area contributed by atoms with Crippen LogP contribution in [0.3, 0.4) is 0 Å². The van der Waals surface area contributed by atoms with Gasteiger partial charge in [0, 0.05) is 30.9 Å². The summed E-state index contributed by atoms with van der Waals surface area (Å²) in [6, 6.07) is 4.14. The van der Waals surface area contributed by atoms with Gasteiger partial charge in [0.15, 0.2) is 0 Å². The van der Waals surface area contributed by atoms with Crippen molar-refractivity contribution >= 4 is 17.5 Å². The van der Waals surface area contributed by atoms with Crippen LogP contribution in [-0.2, 0) is 0 Å². The van der Waals surface area contributed by atoms with Crippen LogP contribution >= 0.6 is 11.6 Å². The lowest BCUT2D eigenvalue weighted by atomic mass is 9.92. The summed E-state index contributed by atoms with van der Waals surface area (Å²) in [4.78, 5) is 10.7. The summed E-state index contributed by atoms with van der Waals surface area (Å²) < 4.78 is 34.9. The molecule has 1 N–H and O–H groups in total. The Morgan fingerprint density at radius 3 is 2.39 bits per heavy atom. The number of halogens is 3. The zero-order chi connectivity index (χ0) is 23.4. The van der Waals surface area contributed by atoms with E-state index in [9.17, 15) is 8.78 Å². The van der Waals surface area contributed by atoms with Crippen molar-refractivity contribution in [2.45, 2.75) is 45.4 Å². The van der Waals surface area contributed by atoms with Gasteiger partial charge in [0.05, 0.1) is 35.3 Å². The SMILES string of the molecule is CC(C)c1cc(-c2c(F)cc(OCCCC3CCN(c4ncc(Cl)cn4)CC3)cc2F)n[nH]1. The molecule has 1 aromatic carbocycles. The van der Waals surface area contributed by atoms with Crippen molar-refractivity contribution in [3.63, 3.8) is 0 Å². The molecule has 1 aliphatic heterocycles. The quantitative estimate of drug-likeness (QED) is 0.405. The summed E-state index contributed by atoms with van der Waals surface area (Å²) in [5.41, 5.74) is 0.952. The van der Waals surface area contributed by atoms with Gasteiger partial charge in [-0.05, 0) is 43.6 Å². The van der Waals surface area contributed by atoms with E-state index in [1.54, 1.807) is 18.5 Å². The first-order valence-corrected chi connectivity index (χ1v) is 11.7. The molecule has 0 spiro atoms. The maximum atomic E-state index is 14.6. The van der Waals surface area contributed by atoms with Gasteiger partial charge in [-0.25, -0.2) is 18.7 Å². The summed E-state index contributed by atoms with van der Waals surface area (Å²) in [6.07, 6.45) is 7.15. The van der Waals surface area contributed by atoms with Gasteiger partial charge in [0.25, 0.3) is 0 Å². The number of aromatic nitrogens is 4. The second-order valence-corrected chi connectivity index (χ2v) is 9.18. The Labute approximate surface area is 197 Å². The lowest BCUT2D eigenvalue weighted by Crippen LogP contribution is -2.34. The molecular formula is C24H28ClF2N5O. The van der Waals surface area contributed by atoms with Crippen molar-refractivity contribution in [2.75, 3.05) is 24.6 Å². The van der Waals surface area contributed by atoms with E-state index in [1.165, 1.54) is 12.1 Å². The maximum absolute atomic E-state index is 14.6. The molecule has 0 atom stereocenters. The third-order valence-corrected chi connectivity index (χ3v) is 6.22. The van der Waals surface area contributed by atoms with Crippen molar-refractivity contribution < 1.29 is 13.5 Å². The fraction of sp³-hybridized carbons (Fsp3) is 0.458. The minimum absolute atomic E-state index is 0.137. The number of hydrogen-bond acceptors (Lipinski definition) is 5. The highest BCUT2D eigenvalue weighted by molar-refractivity contribution is 6.30. The smallest absolute Gasteiger partial charge is 0.225 e. The van der Waals surface area contributed by atoms with E-state index in [-0.39, 0.29) is 22.9 Å².